The van der Waals surface area contributed by atoms with Crippen LogP contribution in [0.4, 0.5) is 4.79 Å². The van der Waals surface area contributed by atoms with Crippen LogP contribution in [0.15, 0.2) is 30.3 Å². The van der Waals surface area contributed by atoms with Gasteiger partial charge < -0.3 is 15.0 Å². The van der Waals surface area contributed by atoms with Crippen LogP contribution in [-0.4, -0.2) is 41.8 Å². The first-order chi connectivity index (χ1) is 10.8. The molecule has 0 aliphatic carbocycles. The molecule has 1 aliphatic heterocycles. The number of carbonyl (C=O) groups excluding carboxylic acids is 1. The normalized spacial score (nSPS) is 17.8. The zero-order valence-corrected chi connectivity index (χ0v) is 14.9. The summed E-state index contributed by atoms with van der Waals surface area (Å²) in [6.45, 7) is 10.4. The van der Waals surface area contributed by atoms with Crippen molar-refractivity contribution in [3.8, 4) is 0 Å². The number of hydrogen-bond donors (Lipinski definition) is 1. The fourth-order valence-corrected chi connectivity index (χ4v) is 2.84. The predicted molar refractivity (Wildman–Crippen MR) is 93.6 cm³/mol. The second-order valence-corrected chi connectivity index (χ2v) is 7.69. The van der Waals surface area contributed by atoms with Gasteiger partial charge in [-0.1, -0.05) is 30.3 Å². The first kappa shape index (κ1) is 17.8. The summed E-state index contributed by atoms with van der Waals surface area (Å²) in [6.07, 6.45) is 2.76. The van der Waals surface area contributed by atoms with Crippen LogP contribution in [0, 0.1) is 0 Å². The molecule has 1 fully saturated rings. The summed E-state index contributed by atoms with van der Waals surface area (Å²) in [5.74, 6) is 0. The largest absolute Gasteiger partial charge is 0.444 e. The standard InChI is InChI=1S/C19H30N2O2/c1-18(2,3)23-17(22)21-14-11-19(4,12-15-21)20-13-10-16-8-6-5-7-9-16/h5-9,20H,10-15H2,1-4H3. The van der Waals surface area contributed by atoms with Crippen LogP contribution in [-0.2, 0) is 11.2 Å². The summed E-state index contributed by atoms with van der Waals surface area (Å²) in [6, 6.07) is 10.5. The van der Waals surface area contributed by atoms with Crippen LogP contribution in [0.5, 0.6) is 0 Å². The second kappa shape index (κ2) is 7.35. The van der Waals surface area contributed by atoms with E-state index in [0.29, 0.717) is 0 Å². The lowest BCUT2D eigenvalue weighted by molar-refractivity contribution is 0.0158. The minimum absolute atomic E-state index is 0.104. The molecule has 0 radical (unpaired) electrons. The Balaban J connectivity index is 1.75. The Morgan fingerprint density at radius 1 is 1.22 bits per heavy atom. The topological polar surface area (TPSA) is 41.6 Å². The Morgan fingerprint density at radius 2 is 1.83 bits per heavy atom. The fraction of sp³-hybridized carbons (Fsp3) is 0.632. The molecule has 23 heavy (non-hydrogen) atoms. The Hall–Kier alpha value is -1.55. The Bertz CT molecular complexity index is 500. The van der Waals surface area contributed by atoms with E-state index in [1.807, 2.05) is 31.7 Å². The lowest BCUT2D eigenvalue weighted by atomic mass is 9.89. The molecule has 0 unspecified atom stereocenters. The highest BCUT2D eigenvalue weighted by atomic mass is 16.6. The number of ether oxygens (including phenoxy) is 1. The van der Waals surface area contributed by atoms with Crippen molar-refractivity contribution in [1.82, 2.24) is 10.2 Å². The van der Waals surface area contributed by atoms with E-state index in [1.54, 1.807) is 0 Å². The number of carbonyl (C=O) groups is 1. The molecule has 1 N–H and O–H groups in total. The van der Waals surface area contributed by atoms with Gasteiger partial charge in [0.2, 0.25) is 0 Å². The summed E-state index contributed by atoms with van der Waals surface area (Å²) < 4.78 is 5.45. The highest BCUT2D eigenvalue weighted by Gasteiger charge is 2.33. The third-order valence-corrected chi connectivity index (χ3v) is 4.33. The van der Waals surface area contributed by atoms with Crippen molar-refractivity contribution in [2.24, 2.45) is 0 Å². The van der Waals surface area contributed by atoms with Crippen LogP contribution in [0.1, 0.15) is 46.1 Å². The summed E-state index contributed by atoms with van der Waals surface area (Å²) in [7, 11) is 0. The summed E-state index contributed by atoms with van der Waals surface area (Å²) in [5.41, 5.74) is 1.04. The van der Waals surface area contributed by atoms with Gasteiger partial charge in [0.25, 0.3) is 0 Å². The first-order valence-corrected chi connectivity index (χ1v) is 8.54. The van der Waals surface area contributed by atoms with Gasteiger partial charge >= 0.3 is 6.09 Å². The Kier molecular flexibility index (Phi) is 5.69. The molecular formula is C19H30N2O2. The van der Waals surface area contributed by atoms with Crippen molar-refractivity contribution < 1.29 is 9.53 Å². The third-order valence-electron chi connectivity index (χ3n) is 4.33. The maximum Gasteiger partial charge on any atom is 0.410 e. The molecule has 4 heteroatoms. The SMILES string of the molecule is CC1(NCCc2ccccc2)CCN(C(=O)OC(C)(C)C)CC1. The van der Waals surface area contributed by atoms with E-state index in [-0.39, 0.29) is 11.6 Å². The van der Waals surface area contributed by atoms with Crippen molar-refractivity contribution >= 4 is 6.09 Å². The lowest BCUT2D eigenvalue weighted by Crippen LogP contribution is -2.53. The van der Waals surface area contributed by atoms with Crippen LogP contribution in [0.25, 0.3) is 0 Å². The molecule has 128 valence electrons. The third kappa shape index (κ3) is 5.87. The molecular weight excluding hydrogens is 288 g/mol. The molecule has 0 atom stereocenters. The summed E-state index contributed by atoms with van der Waals surface area (Å²) in [4.78, 5) is 13.9. The van der Waals surface area contributed by atoms with Crippen LogP contribution in [0.2, 0.25) is 0 Å². The van der Waals surface area contributed by atoms with Gasteiger partial charge in [-0.25, -0.2) is 4.79 Å². The zero-order valence-electron chi connectivity index (χ0n) is 14.9. The lowest BCUT2D eigenvalue weighted by Gasteiger charge is -2.40. The molecule has 4 nitrogen and oxygen atoms in total. The van der Waals surface area contributed by atoms with E-state index in [1.165, 1.54) is 5.56 Å². The number of likely N-dealkylation sites (tertiary alicyclic amines) is 1. The number of nitrogens with zero attached hydrogens (tertiary/aromatic N) is 1. The molecule has 1 heterocycles. The maximum absolute atomic E-state index is 12.1. The van der Waals surface area contributed by atoms with Gasteiger partial charge in [-0.2, -0.15) is 0 Å². The zero-order chi connectivity index (χ0) is 16.9. The molecule has 1 aliphatic rings. The average molecular weight is 318 g/mol. The monoisotopic (exact) mass is 318 g/mol. The highest BCUT2D eigenvalue weighted by Crippen LogP contribution is 2.23. The van der Waals surface area contributed by atoms with E-state index in [0.717, 1.165) is 38.9 Å². The molecule has 1 aromatic rings. The summed E-state index contributed by atoms with van der Waals surface area (Å²) >= 11 is 0. The minimum atomic E-state index is -0.425. The van der Waals surface area contributed by atoms with Gasteiger partial charge in [0.05, 0.1) is 0 Å². The van der Waals surface area contributed by atoms with Gasteiger partial charge in [-0.15, -0.1) is 0 Å². The van der Waals surface area contributed by atoms with Crippen molar-refractivity contribution in [2.75, 3.05) is 19.6 Å². The Labute approximate surface area is 140 Å². The van der Waals surface area contributed by atoms with Gasteiger partial charge in [-0.05, 0) is 59.1 Å². The predicted octanol–water partition coefficient (Wildman–Crippen LogP) is 3.61. The van der Waals surface area contributed by atoms with E-state index in [9.17, 15) is 4.79 Å². The van der Waals surface area contributed by atoms with Gasteiger partial charge in [-0.3, -0.25) is 0 Å². The van der Waals surface area contributed by atoms with Gasteiger partial charge in [0.15, 0.2) is 0 Å². The van der Waals surface area contributed by atoms with E-state index in [4.69, 9.17) is 4.74 Å². The number of hydrogen-bond acceptors (Lipinski definition) is 3. The number of amides is 1. The van der Waals surface area contributed by atoms with Crippen molar-refractivity contribution in [2.45, 2.75) is 58.1 Å². The second-order valence-electron chi connectivity index (χ2n) is 7.69. The van der Waals surface area contributed by atoms with Crippen molar-refractivity contribution in [3.05, 3.63) is 35.9 Å². The van der Waals surface area contributed by atoms with E-state index in [2.05, 4.69) is 36.5 Å². The van der Waals surface area contributed by atoms with Gasteiger partial charge in [0, 0.05) is 18.6 Å². The fourth-order valence-electron chi connectivity index (χ4n) is 2.84. The summed E-state index contributed by atoms with van der Waals surface area (Å²) in [5, 5.41) is 3.68. The molecule has 0 bridgehead atoms. The van der Waals surface area contributed by atoms with Crippen molar-refractivity contribution in [1.29, 1.82) is 0 Å². The molecule has 1 saturated heterocycles. The van der Waals surface area contributed by atoms with Crippen molar-refractivity contribution in [3.63, 3.8) is 0 Å². The molecule has 2 rings (SSSR count). The smallest absolute Gasteiger partial charge is 0.410 e. The van der Waals surface area contributed by atoms with E-state index < -0.39 is 5.60 Å². The van der Waals surface area contributed by atoms with Crippen LogP contribution >= 0.6 is 0 Å². The van der Waals surface area contributed by atoms with Crippen LogP contribution < -0.4 is 5.32 Å². The first-order valence-electron chi connectivity index (χ1n) is 8.54. The molecule has 0 aromatic heterocycles. The highest BCUT2D eigenvalue weighted by molar-refractivity contribution is 5.68. The molecule has 1 aromatic carbocycles. The average Bonchev–Trinajstić information content (AvgIpc) is 2.47. The number of piperidine rings is 1. The number of rotatable bonds is 4. The van der Waals surface area contributed by atoms with Crippen LogP contribution in [0.3, 0.4) is 0 Å². The number of benzene rings is 1. The van der Waals surface area contributed by atoms with E-state index >= 15 is 0 Å². The molecule has 0 saturated carbocycles. The quantitative estimate of drug-likeness (QED) is 0.922. The minimum Gasteiger partial charge on any atom is -0.444 e. The Morgan fingerprint density at radius 3 is 2.39 bits per heavy atom. The molecule has 0 spiro atoms. The maximum atomic E-state index is 12.1. The van der Waals surface area contributed by atoms with Gasteiger partial charge in [0.1, 0.15) is 5.60 Å². The number of nitrogens with one attached hydrogen (secondary N) is 1. The molecule has 1 amide bonds.